The van der Waals surface area contributed by atoms with Crippen molar-refractivity contribution in [1.29, 1.82) is 0 Å². The van der Waals surface area contributed by atoms with Crippen molar-refractivity contribution < 1.29 is 13.6 Å². The highest BCUT2D eigenvalue weighted by Crippen LogP contribution is 2.25. The molecule has 5 heteroatoms. The molecule has 1 unspecified atom stereocenters. The first kappa shape index (κ1) is 16.2. The van der Waals surface area contributed by atoms with Crippen molar-refractivity contribution in [2.24, 2.45) is 11.1 Å². The Bertz CT molecular complexity index is 483. The number of hydrogen-bond donors (Lipinski definition) is 1. The summed E-state index contributed by atoms with van der Waals surface area (Å²) in [6.45, 7) is 5.99. The van der Waals surface area contributed by atoms with E-state index >= 15 is 0 Å². The predicted molar refractivity (Wildman–Crippen MR) is 75.1 cm³/mol. The van der Waals surface area contributed by atoms with E-state index in [1.165, 1.54) is 6.07 Å². The third kappa shape index (κ3) is 4.66. The van der Waals surface area contributed by atoms with Gasteiger partial charge in [0, 0.05) is 12.5 Å². The van der Waals surface area contributed by atoms with Crippen molar-refractivity contribution >= 4 is 21.7 Å². The Hall–Kier alpha value is -0.810. The molecule has 2 N–H and O–H groups in total. The van der Waals surface area contributed by atoms with Crippen molar-refractivity contribution in [2.75, 3.05) is 0 Å². The second-order valence-corrected chi connectivity index (χ2v) is 6.72. The highest BCUT2D eigenvalue weighted by Gasteiger charge is 2.23. The Kier molecular flexibility index (Phi) is 5.21. The first-order chi connectivity index (χ1) is 8.61. The van der Waals surface area contributed by atoms with Crippen LogP contribution in [0.15, 0.2) is 16.6 Å². The number of ketones is 1. The van der Waals surface area contributed by atoms with Crippen LogP contribution in [0.3, 0.4) is 0 Å². The van der Waals surface area contributed by atoms with E-state index in [1.807, 2.05) is 20.8 Å². The molecule has 0 spiro atoms. The lowest BCUT2D eigenvalue weighted by Gasteiger charge is -2.22. The van der Waals surface area contributed by atoms with Crippen LogP contribution in [0, 0.1) is 17.0 Å². The summed E-state index contributed by atoms with van der Waals surface area (Å²) in [7, 11) is 0. The zero-order valence-electron chi connectivity index (χ0n) is 11.3. The van der Waals surface area contributed by atoms with Crippen LogP contribution in [-0.4, -0.2) is 11.8 Å². The van der Waals surface area contributed by atoms with Crippen molar-refractivity contribution in [1.82, 2.24) is 0 Å². The third-order valence-corrected chi connectivity index (χ3v) is 3.26. The lowest BCUT2D eigenvalue weighted by atomic mass is 9.86. The van der Waals surface area contributed by atoms with Crippen molar-refractivity contribution in [3.63, 3.8) is 0 Å². The first-order valence-corrected chi connectivity index (χ1v) is 6.83. The summed E-state index contributed by atoms with van der Waals surface area (Å²) < 4.78 is 27.4. The van der Waals surface area contributed by atoms with Crippen LogP contribution >= 0.6 is 15.9 Å². The number of carbonyl (C=O) groups is 1. The van der Waals surface area contributed by atoms with E-state index in [0.717, 1.165) is 6.07 Å². The summed E-state index contributed by atoms with van der Waals surface area (Å²) >= 11 is 2.94. The van der Waals surface area contributed by atoms with Gasteiger partial charge >= 0.3 is 0 Å². The highest BCUT2D eigenvalue weighted by molar-refractivity contribution is 9.10. The molecule has 19 heavy (non-hydrogen) atoms. The number of benzene rings is 1. The van der Waals surface area contributed by atoms with Gasteiger partial charge in [0.05, 0.1) is 10.0 Å². The molecule has 0 saturated carbocycles. The van der Waals surface area contributed by atoms with Gasteiger partial charge in [0.2, 0.25) is 0 Å². The van der Waals surface area contributed by atoms with Gasteiger partial charge in [-0.05, 0) is 39.9 Å². The lowest BCUT2D eigenvalue weighted by molar-refractivity contribution is 0.0960. The highest BCUT2D eigenvalue weighted by atomic mass is 79.9. The van der Waals surface area contributed by atoms with Crippen molar-refractivity contribution in [3.8, 4) is 0 Å². The van der Waals surface area contributed by atoms with Crippen molar-refractivity contribution in [3.05, 3.63) is 33.8 Å². The van der Waals surface area contributed by atoms with Gasteiger partial charge in [0.25, 0.3) is 0 Å². The van der Waals surface area contributed by atoms with Crippen LogP contribution in [0.5, 0.6) is 0 Å². The smallest absolute Gasteiger partial charge is 0.170 e. The van der Waals surface area contributed by atoms with E-state index < -0.39 is 29.0 Å². The van der Waals surface area contributed by atoms with Gasteiger partial charge in [-0.2, -0.15) is 0 Å². The van der Waals surface area contributed by atoms with E-state index in [9.17, 15) is 13.6 Å². The second kappa shape index (κ2) is 6.09. The number of nitrogens with two attached hydrogens (primary N) is 1. The second-order valence-electron chi connectivity index (χ2n) is 5.87. The minimum Gasteiger partial charge on any atom is -0.327 e. The molecule has 0 fully saturated rings. The summed E-state index contributed by atoms with van der Waals surface area (Å²) in [6.07, 6.45) is 0.539. The molecule has 1 aromatic carbocycles. The van der Waals surface area contributed by atoms with E-state index in [2.05, 4.69) is 15.9 Å². The van der Waals surface area contributed by atoms with Crippen LogP contribution in [-0.2, 0) is 0 Å². The fourth-order valence-electron chi connectivity index (χ4n) is 1.98. The fourth-order valence-corrected chi connectivity index (χ4v) is 2.31. The first-order valence-electron chi connectivity index (χ1n) is 6.04. The summed E-state index contributed by atoms with van der Waals surface area (Å²) in [5.74, 6) is -2.32. The van der Waals surface area contributed by atoms with Crippen LogP contribution in [0.4, 0.5) is 8.78 Å². The number of Topliss-reactive ketones (excluding diaryl/α,β-unsaturated/α-hetero) is 1. The van der Waals surface area contributed by atoms with Gasteiger partial charge in [0.15, 0.2) is 11.6 Å². The van der Waals surface area contributed by atoms with Crippen LogP contribution in [0.1, 0.15) is 44.0 Å². The molecule has 2 nitrogen and oxygen atoms in total. The normalized spacial score (nSPS) is 13.4. The molecule has 1 aromatic rings. The quantitative estimate of drug-likeness (QED) is 0.666. The standard InChI is InChI=1S/C14H18BrF2NO/c1-14(2,3)7-8(18)6-11(19)12-10(16)5-4-9(15)13(12)17/h4-5,8H,6-7,18H2,1-3H3. The number of halogens is 3. The largest absolute Gasteiger partial charge is 0.327 e. The molecule has 0 bridgehead atoms. The maximum absolute atomic E-state index is 13.8. The molecule has 0 heterocycles. The number of rotatable bonds is 4. The Morgan fingerprint density at radius 1 is 1.37 bits per heavy atom. The number of hydrogen-bond acceptors (Lipinski definition) is 2. The van der Waals surface area contributed by atoms with E-state index in [0.29, 0.717) is 6.42 Å². The summed E-state index contributed by atoms with van der Waals surface area (Å²) in [5.41, 5.74) is 5.31. The van der Waals surface area contributed by atoms with Gasteiger partial charge < -0.3 is 5.73 Å². The van der Waals surface area contributed by atoms with Gasteiger partial charge in [0.1, 0.15) is 5.82 Å². The lowest BCUT2D eigenvalue weighted by Crippen LogP contribution is -2.29. The van der Waals surface area contributed by atoms with Gasteiger partial charge in [-0.3, -0.25) is 4.79 Å². The van der Waals surface area contributed by atoms with Crippen LogP contribution in [0.25, 0.3) is 0 Å². The molecule has 0 aliphatic heterocycles. The Morgan fingerprint density at radius 2 is 1.95 bits per heavy atom. The molecule has 0 saturated heterocycles. The molecule has 106 valence electrons. The van der Waals surface area contributed by atoms with Gasteiger partial charge in [-0.1, -0.05) is 20.8 Å². The molecule has 0 amide bonds. The maximum atomic E-state index is 13.8. The summed E-state index contributed by atoms with van der Waals surface area (Å²) in [4.78, 5) is 12.0. The molecular weight excluding hydrogens is 316 g/mol. The van der Waals surface area contributed by atoms with Crippen molar-refractivity contribution in [2.45, 2.75) is 39.7 Å². The molecule has 0 radical (unpaired) electrons. The van der Waals surface area contributed by atoms with Crippen LogP contribution in [0.2, 0.25) is 0 Å². The monoisotopic (exact) mass is 333 g/mol. The molecule has 1 rings (SSSR count). The van der Waals surface area contributed by atoms with Gasteiger partial charge in [-0.15, -0.1) is 0 Å². The zero-order chi connectivity index (χ0) is 14.8. The summed E-state index contributed by atoms with van der Waals surface area (Å²) in [5, 5.41) is 0. The average molecular weight is 334 g/mol. The fraction of sp³-hybridized carbons (Fsp3) is 0.500. The SMILES string of the molecule is CC(C)(C)CC(N)CC(=O)c1c(F)ccc(Br)c1F. The van der Waals surface area contributed by atoms with E-state index in [1.54, 1.807) is 0 Å². The Morgan fingerprint density at radius 3 is 2.47 bits per heavy atom. The summed E-state index contributed by atoms with van der Waals surface area (Å²) in [6, 6.07) is 1.89. The molecule has 0 aliphatic carbocycles. The molecule has 1 atom stereocenters. The average Bonchev–Trinajstić information content (AvgIpc) is 2.21. The third-order valence-electron chi connectivity index (χ3n) is 2.64. The molecular formula is C14H18BrF2NO. The Balaban J connectivity index is 2.88. The topological polar surface area (TPSA) is 43.1 Å². The minimum absolute atomic E-state index is 0.0337. The predicted octanol–water partition coefficient (Wildman–Crippen LogP) is 4.06. The molecule has 0 aromatic heterocycles. The zero-order valence-corrected chi connectivity index (χ0v) is 12.9. The Labute approximate surface area is 120 Å². The maximum Gasteiger partial charge on any atom is 0.170 e. The number of carbonyl (C=O) groups excluding carboxylic acids is 1. The van der Waals surface area contributed by atoms with Gasteiger partial charge in [-0.25, -0.2) is 8.78 Å². The minimum atomic E-state index is -0.868. The van der Waals surface area contributed by atoms with Crippen LogP contribution < -0.4 is 5.73 Å². The van der Waals surface area contributed by atoms with E-state index in [-0.39, 0.29) is 16.3 Å². The van der Waals surface area contributed by atoms with E-state index in [4.69, 9.17) is 5.73 Å². The molecule has 0 aliphatic rings.